The van der Waals surface area contributed by atoms with Gasteiger partial charge in [0.05, 0.1) is 11.3 Å². The second-order valence-electron chi connectivity index (χ2n) is 5.83. The number of carbonyl (C=O) groups is 2. The largest absolute Gasteiger partial charge is 0.478 e. The molecule has 3 aromatic rings. The number of carboxylic acid groups (broad SMARTS) is 1. The van der Waals surface area contributed by atoms with Crippen molar-refractivity contribution in [2.45, 2.75) is 5.16 Å². The Bertz CT molecular complexity index is 1110. The average molecular weight is 431 g/mol. The van der Waals surface area contributed by atoms with Gasteiger partial charge in [-0.3, -0.25) is 14.2 Å². The third kappa shape index (κ3) is 5.15. The predicted octanol–water partition coefficient (Wildman–Crippen LogP) is 2.90. The van der Waals surface area contributed by atoms with E-state index in [1.54, 1.807) is 28.8 Å². The predicted molar refractivity (Wildman–Crippen MR) is 112 cm³/mol. The molecular formula is C19H15ClN4O4S. The number of carbonyl (C=O) groups excluding carboxylic acids is 1. The Balaban J connectivity index is 1.76. The smallest absolute Gasteiger partial charge is 0.335 e. The molecule has 0 saturated carbocycles. The monoisotopic (exact) mass is 430 g/mol. The molecule has 3 rings (SSSR count). The van der Waals surface area contributed by atoms with Gasteiger partial charge in [0.1, 0.15) is 5.82 Å². The quantitative estimate of drug-likeness (QED) is 0.405. The fourth-order valence-electron chi connectivity index (χ4n) is 2.45. The van der Waals surface area contributed by atoms with Crippen molar-refractivity contribution in [2.75, 3.05) is 16.8 Å². The summed E-state index contributed by atoms with van der Waals surface area (Å²) in [5.74, 6) is -1.26. The number of amides is 1. The molecule has 0 bridgehead atoms. The molecule has 1 heterocycles. The summed E-state index contributed by atoms with van der Waals surface area (Å²) in [5, 5.41) is 12.4. The third-order valence-electron chi connectivity index (χ3n) is 3.76. The van der Waals surface area contributed by atoms with Crippen LogP contribution in [0.2, 0.25) is 5.02 Å². The molecule has 148 valence electrons. The second kappa shape index (κ2) is 8.80. The number of nitrogen functional groups attached to an aromatic ring is 1. The van der Waals surface area contributed by atoms with E-state index in [0.717, 1.165) is 11.8 Å². The van der Waals surface area contributed by atoms with E-state index in [9.17, 15) is 14.4 Å². The van der Waals surface area contributed by atoms with Gasteiger partial charge in [-0.1, -0.05) is 23.4 Å². The number of anilines is 2. The summed E-state index contributed by atoms with van der Waals surface area (Å²) in [5.41, 5.74) is 6.69. The lowest BCUT2D eigenvalue weighted by molar-refractivity contribution is -0.113. The Labute approximate surface area is 174 Å². The van der Waals surface area contributed by atoms with Crippen LogP contribution in [0.3, 0.4) is 0 Å². The van der Waals surface area contributed by atoms with Gasteiger partial charge in [-0.2, -0.15) is 4.98 Å². The van der Waals surface area contributed by atoms with E-state index in [1.807, 2.05) is 0 Å². The van der Waals surface area contributed by atoms with Crippen LogP contribution in [-0.2, 0) is 4.79 Å². The Morgan fingerprint density at radius 1 is 1.14 bits per heavy atom. The highest BCUT2D eigenvalue weighted by molar-refractivity contribution is 7.99. The Hall–Kier alpha value is -3.30. The molecule has 0 fully saturated rings. The second-order valence-corrected chi connectivity index (χ2v) is 7.21. The lowest BCUT2D eigenvalue weighted by Gasteiger charge is -2.14. The van der Waals surface area contributed by atoms with Crippen molar-refractivity contribution in [2.24, 2.45) is 0 Å². The van der Waals surface area contributed by atoms with Gasteiger partial charge in [-0.15, -0.1) is 0 Å². The molecule has 2 aromatic carbocycles. The third-order valence-corrected chi connectivity index (χ3v) is 4.95. The summed E-state index contributed by atoms with van der Waals surface area (Å²) in [6.45, 7) is 0. The van der Waals surface area contributed by atoms with Gasteiger partial charge < -0.3 is 16.2 Å². The van der Waals surface area contributed by atoms with Gasteiger partial charge in [-0.25, -0.2) is 4.79 Å². The van der Waals surface area contributed by atoms with Crippen molar-refractivity contribution < 1.29 is 14.7 Å². The zero-order chi connectivity index (χ0) is 21.0. The van der Waals surface area contributed by atoms with E-state index >= 15 is 0 Å². The normalized spacial score (nSPS) is 10.5. The van der Waals surface area contributed by atoms with Crippen LogP contribution in [-0.4, -0.2) is 32.3 Å². The zero-order valence-electron chi connectivity index (χ0n) is 14.8. The fourth-order valence-corrected chi connectivity index (χ4v) is 3.40. The van der Waals surface area contributed by atoms with Crippen molar-refractivity contribution in [3.8, 4) is 5.69 Å². The van der Waals surface area contributed by atoms with Crippen LogP contribution in [0.1, 0.15) is 10.4 Å². The molecule has 29 heavy (non-hydrogen) atoms. The van der Waals surface area contributed by atoms with Gasteiger partial charge in [0.25, 0.3) is 5.56 Å². The Kier molecular flexibility index (Phi) is 6.20. The van der Waals surface area contributed by atoms with Crippen molar-refractivity contribution in [3.05, 3.63) is 75.5 Å². The summed E-state index contributed by atoms with van der Waals surface area (Å²) in [7, 11) is 0. The first kappa shape index (κ1) is 20.4. The minimum atomic E-state index is -1.05. The molecule has 0 saturated heterocycles. The van der Waals surface area contributed by atoms with Gasteiger partial charge in [0.2, 0.25) is 5.91 Å². The number of nitrogens with zero attached hydrogens (tertiary/aromatic N) is 2. The number of hydrogen-bond acceptors (Lipinski definition) is 6. The minimum Gasteiger partial charge on any atom is -0.478 e. The number of rotatable bonds is 6. The number of benzene rings is 2. The highest BCUT2D eigenvalue weighted by Gasteiger charge is 2.13. The summed E-state index contributed by atoms with van der Waals surface area (Å²) in [6.07, 6.45) is 0. The van der Waals surface area contributed by atoms with Crippen LogP contribution in [0, 0.1) is 0 Å². The minimum absolute atomic E-state index is 0.0375. The van der Waals surface area contributed by atoms with E-state index in [2.05, 4.69) is 10.3 Å². The van der Waals surface area contributed by atoms with E-state index in [0.29, 0.717) is 16.4 Å². The number of carboxylic acids is 1. The number of halogens is 1. The van der Waals surface area contributed by atoms with Crippen molar-refractivity contribution in [3.63, 3.8) is 0 Å². The maximum absolute atomic E-state index is 12.3. The van der Waals surface area contributed by atoms with E-state index in [-0.39, 0.29) is 28.2 Å². The van der Waals surface area contributed by atoms with Gasteiger partial charge >= 0.3 is 5.97 Å². The van der Waals surface area contributed by atoms with Gasteiger partial charge in [0, 0.05) is 22.5 Å². The molecule has 1 aromatic heterocycles. The molecular weight excluding hydrogens is 416 g/mol. The van der Waals surface area contributed by atoms with Crippen molar-refractivity contribution in [1.82, 2.24) is 9.55 Å². The van der Waals surface area contributed by atoms with Crippen molar-refractivity contribution >= 4 is 46.7 Å². The van der Waals surface area contributed by atoms with Gasteiger partial charge in [-0.05, 0) is 48.5 Å². The first-order valence-electron chi connectivity index (χ1n) is 8.25. The highest BCUT2D eigenvalue weighted by Crippen LogP contribution is 2.23. The van der Waals surface area contributed by atoms with Crippen LogP contribution >= 0.6 is 23.4 Å². The Morgan fingerprint density at radius 2 is 1.79 bits per heavy atom. The molecule has 8 nitrogen and oxygen atoms in total. The molecule has 0 aliphatic carbocycles. The molecule has 0 spiro atoms. The van der Waals surface area contributed by atoms with Crippen LogP contribution in [0.25, 0.3) is 5.69 Å². The molecule has 0 atom stereocenters. The maximum atomic E-state index is 12.3. The van der Waals surface area contributed by atoms with Crippen LogP contribution in [0.15, 0.2) is 64.5 Å². The number of hydrogen-bond donors (Lipinski definition) is 3. The lowest BCUT2D eigenvalue weighted by Crippen LogP contribution is -2.19. The summed E-state index contributed by atoms with van der Waals surface area (Å²) >= 11 is 6.96. The SMILES string of the molecule is Nc1cc(=O)nc(SCC(=O)Nc2ccc(C(=O)O)cc2)n1-c1ccc(Cl)cc1. The summed E-state index contributed by atoms with van der Waals surface area (Å²) in [4.78, 5) is 38.9. The molecule has 0 unspecified atom stereocenters. The molecule has 0 radical (unpaired) electrons. The number of thioether (sulfide) groups is 1. The molecule has 10 heteroatoms. The number of nitrogens with two attached hydrogens (primary N) is 1. The topological polar surface area (TPSA) is 127 Å². The van der Waals surface area contributed by atoms with Gasteiger partial charge in [0.15, 0.2) is 5.16 Å². The highest BCUT2D eigenvalue weighted by atomic mass is 35.5. The molecule has 0 aliphatic rings. The maximum Gasteiger partial charge on any atom is 0.335 e. The molecule has 0 aliphatic heterocycles. The average Bonchev–Trinajstić information content (AvgIpc) is 2.67. The standard InChI is InChI=1S/C19H15ClN4O4S/c20-12-3-7-14(8-4-12)24-15(21)9-16(25)23-19(24)29-10-17(26)22-13-5-1-11(2-6-13)18(27)28/h1-9H,10,21H2,(H,22,26)(H,27,28). The first-order valence-corrected chi connectivity index (χ1v) is 9.61. The first-order chi connectivity index (χ1) is 13.8. The molecule has 1 amide bonds. The van der Waals surface area contributed by atoms with E-state index < -0.39 is 11.5 Å². The van der Waals surface area contributed by atoms with Crippen LogP contribution in [0.5, 0.6) is 0 Å². The molecule has 4 N–H and O–H groups in total. The number of nitrogens with one attached hydrogen (secondary N) is 1. The summed E-state index contributed by atoms with van der Waals surface area (Å²) in [6, 6.07) is 13.8. The van der Waals surface area contributed by atoms with Crippen molar-refractivity contribution in [1.29, 1.82) is 0 Å². The zero-order valence-corrected chi connectivity index (χ0v) is 16.4. The number of aromatic nitrogens is 2. The van der Waals surface area contributed by atoms with E-state index in [1.165, 1.54) is 30.3 Å². The fraction of sp³-hybridized carbons (Fsp3) is 0.0526. The Morgan fingerprint density at radius 3 is 2.41 bits per heavy atom. The van der Waals surface area contributed by atoms with E-state index in [4.69, 9.17) is 22.4 Å². The summed E-state index contributed by atoms with van der Waals surface area (Å²) < 4.78 is 1.55. The number of aromatic carboxylic acids is 1. The van der Waals surface area contributed by atoms with Crippen LogP contribution in [0.4, 0.5) is 11.5 Å². The van der Waals surface area contributed by atoms with Crippen LogP contribution < -0.4 is 16.6 Å². The lowest BCUT2D eigenvalue weighted by atomic mass is 10.2.